The van der Waals surface area contributed by atoms with Crippen LogP contribution in [0, 0.1) is 0 Å². The van der Waals surface area contributed by atoms with Gasteiger partial charge in [-0.05, 0) is 18.5 Å². The summed E-state index contributed by atoms with van der Waals surface area (Å²) in [5.41, 5.74) is 0. The molecule has 0 bridgehead atoms. The van der Waals surface area contributed by atoms with Gasteiger partial charge in [0.1, 0.15) is 0 Å². The van der Waals surface area contributed by atoms with Gasteiger partial charge in [0, 0.05) is 0 Å². The second kappa shape index (κ2) is 6.29. The molecule has 0 radical (unpaired) electrons. The van der Waals surface area contributed by atoms with Crippen molar-refractivity contribution in [1.29, 1.82) is 0 Å². The van der Waals surface area contributed by atoms with E-state index in [2.05, 4.69) is 13.0 Å². The predicted molar refractivity (Wildman–Crippen MR) is 55.7 cm³/mol. The number of allylic oxidation sites excluding steroid dienone is 1. The van der Waals surface area contributed by atoms with Crippen LogP contribution in [-0.2, 0) is 4.43 Å². The first-order chi connectivity index (χ1) is 5.93. The summed E-state index contributed by atoms with van der Waals surface area (Å²) >= 11 is 0. The van der Waals surface area contributed by atoms with Gasteiger partial charge in [0.05, 0.1) is 6.26 Å². The van der Waals surface area contributed by atoms with Crippen LogP contribution in [0.5, 0.6) is 0 Å². The molecule has 0 fully saturated rings. The van der Waals surface area contributed by atoms with Gasteiger partial charge in [0.25, 0.3) is 0 Å². The Kier molecular flexibility index (Phi) is 5.16. The molecule has 12 heavy (non-hydrogen) atoms. The minimum absolute atomic E-state index is 0.756. The van der Waals surface area contributed by atoms with Crippen LogP contribution >= 0.6 is 0 Å². The molecule has 0 saturated heterocycles. The van der Waals surface area contributed by atoms with Crippen molar-refractivity contribution in [3.63, 3.8) is 0 Å². The maximum atomic E-state index is 5.62. The standard InChI is InChI=1S/C10H20OSi/c1-2-3-4-6-9-12-10-7-5-8-11-12/h5,8,12H,2-4,6-7,9-10H2,1H3. The van der Waals surface area contributed by atoms with Gasteiger partial charge in [0.15, 0.2) is 0 Å². The highest BCUT2D eigenvalue weighted by Gasteiger charge is 2.12. The summed E-state index contributed by atoms with van der Waals surface area (Å²) in [6.45, 7) is 2.26. The van der Waals surface area contributed by atoms with Crippen LogP contribution in [0.15, 0.2) is 12.3 Å². The summed E-state index contributed by atoms with van der Waals surface area (Å²) < 4.78 is 5.62. The van der Waals surface area contributed by atoms with Crippen LogP contribution in [0.4, 0.5) is 0 Å². The fraction of sp³-hybridized carbons (Fsp3) is 0.800. The van der Waals surface area contributed by atoms with Gasteiger partial charge in [-0.3, -0.25) is 0 Å². The van der Waals surface area contributed by atoms with E-state index in [1.807, 2.05) is 6.26 Å². The van der Waals surface area contributed by atoms with Gasteiger partial charge in [-0.1, -0.05) is 38.7 Å². The van der Waals surface area contributed by atoms with Crippen molar-refractivity contribution in [1.82, 2.24) is 0 Å². The van der Waals surface area contributed by atoms with Gasteiger partial charge >= 0.3 is 0 Å². The van der Waals surface area contributed by atoms with E-state index in [1.165, 1.54) is 44.2 Å². The third kappa shape index (κ3) is 3.95. The predicted octanol–water partition coefficient (Wildman–Crippen LogP) is 3.22. The summed E-state index contributed by atoms with van der Waals surface area (Å²) in [5, 5.41) is 0. The molecule has 0 aliphatic carbocycles. The lowest BCUT2D eigenvalue weighted by atomic mass is 10.2. The minimum Gasteiger partial charge on any atom is -0.552 e. The van der Waals surface area contributed by atoms with Crippen molar-refractivity contribution in [3.05, 3.63) is 12.3 Å². The number of hydrogen-bond acceptors (Lipinski definition) is 1. The van der Waals surface area contributed by atoms with Crippen molar-refractivity contribution in [2.75, 3.05) is 0 Å². The SMILES string of the molecule is CCCCCC[SiH]1CCC=CO1. The van der Waals surface area contributed by atoms with E-state index in [1.54, 1.807) is 0 Å². The zero-order valence-corrected chi connectivity index (χ0v) is 9.24. The molecule has 0 spiro atoms. The van der Waals surface area contributed by atoms with Crippen LogP contribution in [0.1, 0.15) is 39.0 Å². The highest BCUT2D eigenvalue weighted by Crippen LogP contribution is 2.15. The van der Waals surface area contributed by atoms with E-state index >= 15 is 0 Å². The smallest absolute Gasteiger partial charge is 0.235 e. The highest BCUT2D eigenvalue weighted by atomic mass is 28.3. The van der Waals surface area contributed by atoms with E-state index < -0.39 is 9.04 Å². The Morgan fingerprint density at radius 2 is 2.25 bits per heavy atom. The molecular formula is C10H20OSi. The second-order valence-electron chi connectivity index (χ2n) is 3.56. The normalized spacial score (nSPS) is 22.2. The molecule has 1 atom stereocenters. The van der Waals surface area contributed by atoms with Gasteiger partial charge in [-0.2, -0.15) is 0 Å². The molecule has 1 aliphatic heterocycles. The summed E-state index contributed by atoms with van der Waals surface area (Å²) in [4.78, 5) is 0. The van der Waals surface area contributed by atoms with E-state index in [9.17, 15) is 0 Å². The lowest BCUT2D eigenvalue weighted by Gasteiger charge is -2.17. The van der Waals surface area contributed by atoms with Gasteiger partial charge in [-0.15, -0.1) is 0 Å². The fourth-order valence-electron chi connectivity index (χ4n) is 1.60. The lowest BCUT2D eigenvalue weighted by molar-refractivity contribution is 0.467. The Morgan fingerprint density at radius 1 is 1.33 bits per heavy atom. The molecule has 0 aromatic heterocycles. The summed E-state index contributed by atoms with van der Waals surface area (Å²) in [5.74, 6) is 0. The Labute approximate surface area is 77.5 Å². The minimum atomic E-state index is -0.756. The molecule has 0 saturated carbocycles. The highest BCUT2D eigenvalue weighted by molar-refractivity contribution is 6.52. The molecule has 0 N–H and O–H groups in total. The van der Waals surface area contributed by atoms with Gasteiger partial charge in [0.2, 0.25) is 9.04 Å². The van der Waals surface area contributed by atoms with E-state index in [0.29, 0.717) is 0 Å². The molecule has 1 aliphatic rings. The maximum Gasteiger partial charge on any atom is 0.235 e. The molecule has 1 nitrogen and oxygen atoms in total. The molecule has 0 amide bonds. The third-order valence-electron chi connectivity index (χ3n) is 2.40. The zero-order chi connectivity index (χ0) is 8.65. The Balaban J connectivity index is 1.95. The molecule has 1 unspecified atom stereocenters. The quantitative estimate of drug-likeness (QED) is 0.471. The van der Waals surface area contributed by atoms with Crippen LogP contribution in [0.25, 0.3) is 0 Å². The average molecular weight is 184 g/mol. The average Bonchev–Trinajstić information content (AvgIpc) is 2.14. The molecule has 0 aromatic rings. The van der Waals surface area contributed by atoms with Crippen molar-refractivity contribution in [2.24, 2.45) is 0 Å². The lowest BCUT2D eigenvalue weighted by Crippen LogP contribution is -2.16. The topological polar surface area (TPSA) is 9.23 Å². The van der Waals surface area contributed by atoms with Gasteiger partial charge < -0.3 is 4.43 Å². The molecule has 2 heteroatoms. The largest absolute Gasteiger partial charge is 0.552 e. The monoisotopic (exact) mass is 184 g/mol. The maximum absolute atomic E-state index is 5.62. The third-order valence-corrected chi connectivity index (χ3v) is 4.97. The first-order valence-corrected chi connectivity index (χ1v) is 7.34. The zero-order valence-electron chi connectivity index (χ0n) is 8.09. The van der Waals surface area contributed by atoms with Crippen molar-refractivity contribution >= 4 is 9.04 Å². The van der Waals surface area contributed by atoms with Crippen molar-refractivity contribution in [2.45, 2.75) is 51.1 Å². The van der Waals surface area contributed by atoms with Crippen LogP contribution in [0.2, 0.25) is 12.1 Å². The summed E-state index contributed by atoms with van der Waals surface area (Å²) in [7, 11) is -0.756. The van der Waals surface area contributed by atoms with Crippen molar-refractivity contribution in [3.8, 4) is 0 Å². The van der Waals surface area contributed by atoms with Crippen LogP contribution in [-0.4, -0.2) is 9.04 Å². The molecule has 1 rings (SSSR count). The van der Waals surface area contributed by atoms with E-state index in [-0.39, 0.29) is 0 Å². The second-order valence-corrected chi connectivity index (χ2v) is 6.23. The first kappa shape index (κ1) is 9.84. The Bertz CT molecular complexity index is 134. The van der Waals surface area contributed by atoms with Crippen LogP contribution < -0.4 is 0 Å². The summed E-state index contributed by atoms with van der Waals surface area (Å²) in [6, 6.07) is 2.76. The van der Waals surface area contributed by atoms with Gasteiger partial charge in [-0.25, -0.2) is 0 Å². The summed E-state index contributed by atoms with van der Waals surface area (Å²) in [6.07, 6.45) is 10.9. The number of hydrogen-bond donors (Lipinski definition) is 0. The molecule has 70 valence electrons. The first-order valence-electron chi connectivity index (χ1n) is 5.24. The van der Waals surface area contributed by atoms with E-state index in [4.69, 9.17) is 4.43 Å². The molecular weight excluding hydrogens is 164 g/mol. The molecule has 0 aromatic carbocycles. The van der Waals surface area contributed by atoms with Crippen molar-refractivity contribution < 1.29 is 4.43 Å². The molecule has 1 heterocycles. The number of rotatable bonds is 5. The Hall–Kier alpha value is -0.243. The Morgan fingerprint density at radius 3 is 2.92 bits per heavy atom. The van der Waals surface area contributed by atoms with E-state index in [0.717, 1.165) is 0 Å². The van der Waals surface area contributed by atoms with Crippen LogP contribution in [0.3, 0.4) is 0 Å². The fourth-order valence-corrected chi connectivity index (χ4v) is 3.80. The number of unbranched alkanes of at least 4 members (excludes halogenated alkanes) is 3.